The molecule has 1 saturated heterocycles. The number of nitrogens with zero attached hydrogens (tertiary/aromatic N) is 1. The number of cyclic esters (lactones) is 1. The molecule has 1 aliphatic heterocycles. The Morgan fingerprint density at radius 3 is 2.68 bits per heavy atom. The predicted octanol–water partition coefficient (Wildman–Crippen LogP) is 1.83. The van der Waals surface area contributed by atoms with Gasteiger partial charge in [0.25, 0.3) is 0 Å². The number of anilines is 1. The summed E-state index contributed by atoms with van der Waals surface area (Å²) in [5.74, 6) is -0.429. The van der Waals surface area contributed by atoms with Gasteiger partial charge < -0.3 is 0 Å². The van der Waals surface area contributed by atoms with E-state index in [4.69, 9.17) is 4.74 Å². The van der Waals surface area contributed by atoms with Gasteiger partial charge in [-0.05, 0) is 0 Å². The summed E-state index contributed by atoms with van der Waals surface area (Å²) in [5.41, 5.74) is 0.493. The second-order valence-electron chi connectivity index (χ2n) is 6.47. The zero-order valence-electron chi connectivity index (χ0n) is 13.3. The van der Waals surface area contributed by atoms with E-state index < -0.39 is 30.6 Å². The van der Waals surface area contributed by atoms with Crippen molar-refractivity contribution in [3.05, 3.63) is 24.0 Å². The van der Waals surface area contributed by atoms with E-state index in [1.54, 1.807) is 12.1 Å². The maximum absolute atomic E-state index is 14.3. The molecule has 0 bridgehead atoms. The molecule has 0 radical (unpaired) electrons. The normalized spacial score (nSPS) is 18.3. The number of benzene rings is 1. The topological polar surface area (TPSA) is 58.6 Å². The molecule has 0 aliphatic carbocycles. The Hall–Kier alpha value is -1.31. The van der Waals surface area contributed by atoms with E-state index in [-0.39, 0.29) is 18.3 Å². The first-order valence-corrected chi connectivity index (χ1v) is 17.2. The van der Waals surface area contributed by atoms with Crippen molar-refractivity contribution in [2.45, 2.75) is 27.8 Å². The van der Waals surface area contributed by atoms with Crippen LogP contribution >= 0.6 is 0 Å². The molecule has 1 aromatic carbocycles. The predicted molar refractivity (Wildman–Crippen MR) is 85.7 cm³/mol. The molecule has 5 nitrogen and oxygen atoms in total. The van der Waals surface area contributed by atoms with Crippen LogP contribution in [0.15, 0.2) is 18.2 Å². The maximum atomic E-state index is 14.3. The van der Waals surface area contributed by atoms with E-state index >= 15 is 0 Å². The molecule has 1 N–H and O–H groups in total. The van der Waals surface area contributed by atoms with E-state index in [0.717, 1.165) is 3.58 Å². The first kappa shape index (κ1) is 17.0. The van der Waals surface area contributed by atoms with Crippen molar-refractivity contribution < 1.29 is 18.7 Å². The summed E-state index contributed by atoms with van der Waals surface area (Å²) in [6.07, 6.45) is -0.928. The average Bonchev–Trinajstić information content (AvgIpc) is 2.76. The standard InChI is InChI=1S/C12H12FN2O3.3CH3.Sn/c1-8(16)14-6-11-7-15(12(17)18-11)10-4-2-3-9(13)5-10;;;;/h2,4-5,11H,6-7H2,1H3,(H,14,16);3*1H3;. The first-order chi connectivity index (χ1) is 10.2. The molecule has 2 rings (SSSR count). The summed E-state index contributed by atoms with van der Waals surface area (Å²) < 4.78 is 20.3. The fourth-order valence-corrected chi connectivity index (χ4v) is 6.29. The molecule has 0 aromatic heterocycles. The average molecular weight is 415 g/mol. The monoisotopic (exact) mass is 416 g/mol. The number of ether oxygens (including phenoxy) is 1. The van der Waals surface area contributed by atoms with Crippen molar-refractivity contribution in [2.24, 2.45) is 0 Å². The summed E-state index contributed by atoms with van der Waals surface area (Å²) >= 11 is -2.50. The number of carbonyl (C=O) groups is 2. The van der Waals surface area contributed by atoms with Gasteiger partial charge in [-0.3, -0.25) is 0 Å². The van der Waals surface area contributed by atoms with E-state index in [1.165, 1.54) is 17.9 Å². The molecule has 1 aliphatic rings. The number of carbonyl (C=O) groups excluding carboxylic acids is 2. The van der Waals surface area contributed by atoms with E-state index in [2.05, 4.69) is 20.1 Å². The van der Waals surface area contributed by atoms with Crippen LogP contribution < -0.4 is 13.8 Å². The van der Waals surface area contributed by atoms with Crippen LogP contribution in [0, 0.1) is 5.82 Å². The van der Waals surface area contributed by atoms with Gasteiger partial charge in [0.1, 0.15) is 0 Å². The third-order valence-corrected chi connectivity index (χ3v) is 9.29. The quantitative estimate of drug-likeness (QED) is 0.764. The molecule has 1 heterocycles. The van der Waals surface area contributed by atoms with Crippen molar-refractivity contribution in [3.8, 4) is 0 Å². The Bertz CT molecular complexity index is 601. The summed E-state index contributed by atoms with van der Waals surface area (Å²) in [4.78, 5) is 30.6. The number of hydrogen-bond acceptors (Lipinski definition) is 3. The Balaban J connectivity index is 2.14. The fraction of sp³-hybridized carbons (Fsp3) is 0.467. The third kappa shape index (κ3) is 3.91. The van der Waals surface area contributed by atoms with Crippen LogP contribution in [0.25, 0.3) is 0 Å². The zero-order valence-corrected chi connectivity index (χ0v) is 16.1. The number of halogens is 1. The van der Waals surface area contributed by atoms with Crippen LogP contribution in [-0.4, -0.2) is 49.6 Å². The van der Waals surface area contributed by atoms with E-state index in [9.17, 15) is 14.0 Å². The van der Waals surface area contributed by atoms with Crippen molar-refractivity contribution in [1.82, 2.24) is 5.32 Å². The molecule has 0 spiro atoms. The molecular formula is C15H21FN2O3Sn. The summed E-state index contributed by atoms with van der Waals surface area (Å²) in [7, 11) is 0. The number of nitrogens with one attached hydrogen (secondary N) is 1. The molecule has 1 atom stereocenters. The Morgan fingerprint density at radius 2 is 2.14 bits per heavy atom. The second-order valence-corrected chi connectivity index (χ2v) is 20.8. The summed E-state index contributed by atoms with van der Waals surface area (Å²) in [5, 5.41) is 2.61. The Labute approximate surface area is 133 Å². The van der Waals surface area contributed by atoms with E-state index in [1.807, 2.05) is 0 Å². The van der Waals surface area contributed by atoms with Crippen LogP contribution in [0.4, 0.5) is 14.9 Å². The molecule has 120 valence electrons. The Kier molecular flexibility index (Phi) is 4.99. The Morgan fingerprint density at radius 1 is 1.45 bits per heavy atom. The molecule has 22 heavy (non-hydrogen) atoms. The molecular weight excluding hydrogens is 394 g/mol. The van der Waals surface area contributed by atoms with Crippen LogP contribution in [0.1, 0.15) is 6.92 Å². The molecule has 0 saturated carbocycles. The molecule has 1 unspecified atom stereocenters. The van der Waals surface area contributed by atoms with Crippen molar-refractivity contribution >= 4 is 39.6 Å². The van der Waals surface area contributed by atoms with Crippen molar-refractivity contribution in [3.63, 3.8) is 0 Å². The third-order valence-electron chi connectivity index (χ3n) is 3.53. The van der Waals surface area contributed by atoms with Gasteiger partial charge in [-0.1, -0.05) is 0 Å². The van der Waals surface area contributed by atoms with Crippen LogP contribution in [0.3, 0.4) is 0 Å². The van der Waals surface area contributed by atoms with Gasteiger partial charge in [-0.25, -0.2) is 0 Å². The molecule has 2 amide bonds. The molecule has 7 heteroatoms. The minimum absolute atomic E-state index is 0.178. The van der Waals surface area contributed by atoms with Crippen LogP contribution in [0.2, 0.25) is 14.8 Å². The molecule has 1 aromatic rings. The zero-order chi connectivity index (χ0) is 16.5. The number of amides is 2. The first-order valence-electron chi connectivity index (χ1n) is 7.21. The SMILES string of the molecule is CC(=O)NCC1CN(c2cc[c]([Sn]([CH3])([CH3])[CH3])c(F)c2)C(=O)O1. The van der Waals surface area contributed by atoms with Crippen LogP contribution in [-0.2, 0) is 9.53 Å². The van der Waals surface area contributed by atoms with Gasteiger partial charge in [-0.2, -0.15) is 0 Å². The van der Waals surface area contributed by atoms with E-state index in [0.29, 0.717) is 12.2 Å². The number of rotatable bonds is 4. The van der Waals surface area contributed by atoms with Crippen molar-refractivity contribution in [2.75, 3.05) is 18.0 Å². The summed E-state index contributed by atoms with van der Waals surface area (Å²) in [6, 6.07) is 4.96. The minimum atomic E-state index is -2.50. The summed E-state index contributed by atoms with van der Waals surface area (Å²) in [6.45, 7) is 1.97. The van der Waals surface area contributed by atoms with Crippen molar-refractivity contribution in [1.29, 1.82) is 0 Å². The van der Waals surface area contributed by atoms with Crippen LogP contribution in [0.5, 0.6) is 0 Å². The van der Waals surface area contributed by atoms with Gasteiger partial charge in [0.05, 0.1) is 0 Å². The van der Waals surface area contributed by atoms with Gasteiger partial charge in [-0.15, -0.1) is 0 Å². The van der Waals surface area contributed by atoms with Gasteiger partial charge >= 0.3 is 134 Å². The second kappa shape index (κ2) is 6.44. The molecule has 1 fully saturated rings. The van der Waals surface area contributed by atoms with Gasteiger partial charge in [0.15, 0.2) is 0 Å². The number of hydrogen-bond donors (Lipinski definition) is 1. The van der Waals surface area contributed by atoms with Gasteiger partial charge in [0.2, 0.25) is 0 Å². The van der Waals surface area contributed by atoms with Gasteiger partial charge in [0, 0.05) is 0 Å². The fourth-order valence-electron chi connectivity index (χ4n) is 2.38.